The van der Waals surface area contributed by atoms with E-state index < -0.39 is 10.0 Å². The largest absolute Gasteiger partial charge is 0.507 e. The number of aromatic hydroxyl groups is 2. The number of aryl methyl sites for hydroxylation is 2. The van der Waals surface area contributed by atoms with E-state index in [0.29, 0.717) is 30.6 Å². The molecule has 1 saturated heterocycles. The van der Waals surface area contributed by atoms with Crippen molar-refractivity contribution in [3.63, 3.8) is 0 Å². The fraction of sp³-hybridized carbons (Fsp3) is 0.478. The quantitative estimate of drug-likeness (QED) is 0.623. The van der Waals surface area contributed by atoms with E-state index >= 15 is 0 Å². The van der Waals surface area contributed by atoms with Crippen LogP contribution in [0.5, 0.6) is 11.5 Å². The third kappa shape index (κ3) is 4.59. The molecule has 2 N–H and O–H groups in total. The monoisotopic (exact) mass is 417 g/mol. The van der Waals surface area contributed by atoms with Crippen molar-refractivity contribution in [2.75, 3.05) is 13.1 Å². The van der Waals surface area contributed by atoms with Crippen molar-refractivity contribution < 1.29 is 18.6 Å². The maximum atomic E-state index is 13.5. The van der Waals surface area contributed by atoms with Crippen molar-refractivity contribution in [2.45, 2.75) is 63.7 Å². The third-order valence-corrected chi connectivity index (χ3v) is 7.60. The lowest BCUT2D eigenvalue weighted by molar-refractivity contribution is 0.344. The summed E-state index contributed by atoms with van der Waals surface area (Å²) < 4.78 is 28.5. The van der Waals surface area contributed by atoms with E-state index in [1.807, 2.05) is 25.1 Å². The van der Waals surface area contributed by atoms with Crippen LogP contribution in [0.15, 0.2) is 35.2 Å². The molecule has 3 rings (SSSR count). The Morgan fingerprint density at radius 2 is 1.76 bits per heavy atom. The number of unbranched alkanes of at least 4 members (excludes halogenated alkanes) is 2. The molecule has 0 radical (unpaired) electrons. The van der Waals surface area contributed by atoms with Crippen molar-refractivity contribution >= 4 is 10.0 Å². The Kier molecular flexibility index (Phi) is 6.85. The average Bonchev–Trinajstić information content (AvgIpc) is 2.68. The van der Waals surface area contributed by atoms with Crippen LogP contribution >= 0.6 is 0 Å². The van der Waals surface area contributed by atoms with Gasteiger partial charge in [0.2, 0.25) is 10.0 Å². The van der Waals surface area contributed by atoms with Gasteiger partial charge in [0.1, 0.15) is 16.4 Å². The first-order chi connectivity index (χ1) is 13.9. The number of nitrogens with zero attached hydrogens (tertiary/aromatic N) is 1. The van der Waals surface area contributed by atoms with Crippen LogP contribution in [0.1, 0.15) is 56.6 Å². The Balaban J connectivity index is 2.18. The zero-order valence-corrected chi connectivity index (χ0v) is 18.1. The second kappa shape index (κ2) is 9.18. The highest BCUT2D eigenvalue weighted by Gasteiger charge is 2.33. The first kappa shape index (κ1) is 21.7. The molecule has 0 unspecified atom stereocenters. The molecule has 0 spiro atoms. The van der Waals surface area contributed by atoms with Gasteiger partial charge in [-0.15, -0.1) is 0 Å². The van der Waals surface area contributed by atoms with Gasteiger partial charge in [-0.1, -0.05) is 56.0 Å². The van der Waals surface area contributed by atoms with Crippen LogP contribution in [0.4, 0.5) is 0 Å². The molecule has 0 amide bonds. The minimum atomic E-state index is -3.85. The number of phenols is 2. The van der Waals surface area contributed by atoms with Crippen molar-refractivity contribution in [3.8, 4) is 22.6 Å². The Morgan fingerprint density at radius 3 is 2.41 bits per heavy atom. The Hall–Kier alpha value is -2.05. The van der Waals surface area contributed by atoms with Gasteiger partial charge in [0.15, 0.2) is 0 Å². The molecule has 1 fully saturated rings. The molecule has 1 aliphatic rings. The zero-order chi connectivity index (χ0) is 21.0. The minimum absolute atomic E-state index is 0.0372. The van der Waals surface area contributed by atoms with Gasteiger partial charge >= 0.3 is 0 Å². The van der Waals surface area contributed by atoms with Gasteiger partial charge in [-0.2, -0.15) is 4.31 Å². The summed E-state index contributed by atoms with van der Waals surface area (Å²) in [6.07, 6.45) is 5.96. The normalized spacial score (nSPS) is 15.5. The molecule has 0 saturated carbocycles. The van der Waals surface area contributed by atoms with E-state index in [1.165, 1.54) is 10.4 Å². The van der Waals surface area contributed by atoms with Gasteiger partial charge < -0.3 is 10.2 Å². The third-order valence-electron chi connectivity index (χ3n) is 5.58. The number of phenolic OH excluding ortho intramolecular Hbond substituents is 2. The highest BCUT2D eigenvalue weighted by molar-refractivity contribution is 7.89. The van der Waals surface area contributed by atoms with Crippen LogP contribution in [0.25, 0.3) is 11.1 Å². The Labute approximate surface area is 174 Å². The maximum Gasteiger partial charge on any atom is 0.247 e. The number of sulfonamides is 1. The summed E-state index contributed by atoms with van der Waals surface area (Å²) in [6, 6.07) is 8.89. The first-order valence-electron chi connectivity index (χ1n) is 10.5. The molecule has 6 heteroatoms. The second-order valence-electron chi connectivity index (χ2n) is 7.90. The van der Waals surface area contributed by atoms with Gasteiger partial charge in [-0.3, -0.25) is 0 Å². The second-order valence-corrected chi connectivity index (χ2v) is 9.77. The smallest absolute Gasteiger partial charge is 0.247 e. The summed E-state index contributed by atoms with van der Waals surface area (Å²) in [4.78, 5) is -0.0372. The number of hydrogen-bond donors (Lipinski definition) is 2. The molecule has 0 bridgehead atoms. The summed E-state index contributed by atoms with van der Waals surface area (Å²) in [5, 5.41) is 21.9. The number of hydrogen-bond acceptors (Lipinski definition) is 4. The Bertz CT molecular complexity index is 963. The molecule has 2 aromatic carbocycles. The van der Waals surface area contributed by atoms with E-state index in [9.17, 15) is 18.6 Å². The molecular formula is C23H31NO4S. The molecule has 158 valence electrons. The SMILES string of the molecule is CCCCCc1cc(O)c(-c2cccc(C)c2)c(O)c1S(=O)(=O)N1CCCCC1. The van der Waals surface area contributed by atoms with Crippen molar-refractivity contribution in [1.29, 1.82) is 0 Å². The van der Waals surface area contributed by atoms with Crippen molar-refractivity contribution in [3.05, 3.63) is 41.5 Å². The van der Waals surface area contributed by atoms with Crippen molar-refractivity contribution in [2.24, 2.45) is 0 Å². The highest BCUT2D eigenvalue weighted by atomic mass is 32.2. The minimum Gasteiger partial charge on any atom is -0.507 e. The van der Waals surface area contributed by atoms with Crippen LogP contribution in [0, 0.1) is 6.92 Å². The topological polar surface area (TPSA) is 77.8 Å². The van der Waals surface area contributed by atoms with Gasteiger partial charge in [0, 0.05) is 13.1 Å². The number of benzene rings is 2. The van der Waals surface area contributed by atoms with Crippen LogP contribution in [-0.4, -0.2) is 36.0 Å². The van der Waals surface area contributed by atoms with Gasteiger partial charge in [0.25, 0.3) is 0 Å². The molecule has 0 atom stereocenters. The fourth-order valence-electron chi connectivity index (χ4n) is 4.05. The summed E-state index contributed by atoms with van der Waals surface area (Å²) in [5.74, 6) is -0.426. The maximum absolute atomic E-state index is 13.5. The molecule has 1 aliphatic heterocycles. The average molecular weight is 418 g/mol. The van der Waals surface area contributed by atoms with Gasteiger partial charge in [-0.25, -0.2) is 8.42 Å². The predicted molar refractivity (Wildman–Crippen MR) is 116 cm³/mol. The first-order valence-corrected chi connectivity index (χ1v) is 11.9. The molecule has 2 aromatic rings. The van der Waals surface area contributed by atoms with Gasteiger partial charge in [-0.05, 0) is 49.8 Å². The summed E-state index contributed by atoms with van der Waals surface area (Å²) >= 11 is 0. The standard InChI is InChI=1S/C23H31NO4S/c1-3-4-6-11-19-16-20(25)21(18-12-9-10-17(2)15-18)22(26)23(19)29(27,28)24-13-7-5-8-14-24/h9-10,12,15-16,25-26H,3-8,11,13-14H2,1-2H3. The van der Waals surface area contributed by atoms with E-state index in [1.54, 1.807) is 6.07 Å². The van der Waals surface area contributed by atoms with Crippen molar-refractivity contribution in [1.82, 2.24) is 4.31 Å². The molecule has 0 aromatic heterocycles. The molecule has 1 heterocycles. The summed E-state index contributed by atoms with van der Waals surface area (Å²) in [7, 11) is -3.85. The fourth-order valence-corrected chi connectivity index (χ4v) is 5.88. The number of rotatable bonds is 7. The van der Waals surface area contributed by atoms with Gasteiger partial charge in [0.05, 0.1) is 5.56 Å². The van der Waals surface area contributed by atoms with Crippen LogP contribution in [0.2, 0.25) is 0 Å². The predicted octanol–water partition coefficient (Wildman–Crippen LogP) is 4.98. The molecule has 0 aliphatic carbocycles. The van der Waals surface area contributed by atoms with E-state index in [0.717, 1.165) is 44.1 Å². The van der Waals surface area contributed by atoms with E-state index in [4.69, 9.17) is 0 Å². The summed E-state index contributed by atoms with van der Waals surface area (Å²) in [5.41, 5.74) is 2.25. The molecular weight excluding hydrogens is 386 g/mol. The lowest BCUT2D eigenvalue weighted by Gasteiger charge is -2.28. The zero-order valence-electron chi connectivity index (χ0n) is 17.3. The molecule has 29 heavy (non-hydrogen) atoms. The van der Waals surface area contributed by atoms with Crippen LogP contribution in [0.3, 0.4) is 0 Å². The van der Waals surface area contributed by atoms with Crippen LogP contribution in [-0.2, 0) is 16.4 Å². The molecule has 5 nitrogen and oxygen atoms in total. The summed E-state index contributed by atoms with van der Waals surface area (Å²) in [6.45, 7) is 4.94. The van der Waals surface area contributed by atoms with E-state index in [2.05, 4.69) is 6.92 Å². The van der Waals surface area contributed by atoms with Crippen LogP contribution < -0.4 is 0 Å². The van der Waals surface area contributed by atoms with E-state index in [-0.39, 0.29) is 22.0 Å². The Morgan fingerprint density at radius 1 is 1.03 bits per heavy atom. The highest BCUT2D eigenvalue weighted by Crippen LogP contribution is 2.45. The lowest BCUT2D eigenvalue weighted by Crippen LogP contribution is -2.36. The number of piperidine rings is 1. The lowest BCUT2D eigenvalue weighted by atomic mass is 9.97.